The Morgan fingerprint density at radius 2 is 1.63 bits per heavy atom. The van der Waals surface area contributed by atoms with Crippen LogP contribution in [0.5, 0.6) is 17.2 Å². The molecule has 1 amide bonds. The molecule has 0 aliphatic carbocycles. The molecule has 3 aromatic rings. The number of esters is 1. The molecule has 0 fully saturated rings. The van der Waals surface area contributed by atoms with Crippen LogP contribution in [0.15, 0.2) is 72.8 Å². The van der Waals surface area contributed by atoms with Gasteiger partial charge in [0.25, 0.3) is 5.91 Å². The van der Waals surface area contributed by atoms with E-state index in [-0.39, 0.29) is 13.4 Å². The van der Waals surface area contributed by atoms with Gasteiger partial charge in [-0.25, -0.2) is 4.79 Å². The molecular formula is C23H19NO6. The number of anilines is 1. The second-order valence-corrected chi connectivity index (χ2v) is 6.43. The number of carbonyl (C=O) groups is 2. The van der Waals surface area contributed by atoms with Crippen molar-refractivity contribution in [2.24, 2.45) is 0 Å². The van der Waals surface area contributed by atoms with Crippen molar-refractivity contribution in [3.8, 4) is 28.4 Å². The molecule has 1 aliphatic heterocycles. The van der Waals surface area contributed by atoms with E-state index in [2.05, 4.69) is 5.32 Å². The summed E-state index contributed by atoms with van der Waals surface area (Å²) in [6.45, 7) is -0.574. The number of ether oxygens (including phenoxy) is 4. The first-order chi connectivity index (χ1) is 14.7. The molecule has 0 radical (unpaired) electrons. The predicted octanol–water partition coefficient (Wildman–Crippen LogP) is 3.64. The van der Waals surface area contributed by atoms with Crippen LogP contribution in [-0.2, 0) is 14.3 Å². The maximum atomic E-state index is 12.0. The highest BCUT2D eigenvalue weighted by Gasteiger charge is 2.15. The molecular weight excluding hydrogens is 386 g/mol. The maximum absolute atomic E-state index is 12.0. The van der Waals surface area contributed by atoms with Crippen LogP contribution in [0.2, 0.25) is 0 Å². The van der Waals surface area contributed by atoms with Gasteiger partial charge in [-0.15, -0.1) is 0 Å². The SMILES string of the molecule is O=C(COC(=O)COc1ccccc1-c1ccccc1)Nc1ccc2c(c1)OCO2. The zero-order chi connectivity index (χ0) is 20.8. The van der Waals surface area contributed by atoms with Gasteiger partial charge in [0, 0.05) is 17.3 Å². The Hall–Kier alpha value is -4.00. The van der Waals surface area contributed by atoms with Crippen LogP contribution in [0, 0.1) is 0 Å². The van der Waals surface area contributed by atoms with Crippen molar-refractivity contribution in [1.29, 1.82) is 0 Å². The van der Waals surface area contributed by atoms with Crippen molar-refractivity contribution in [3.63, 3.8) is 0 Å². The largest absolute Gasteiger partial charge is 0.481 e. The van der Waals surface area contributed by atoms with Gasteiger partial charge in [0.15, 0.2) is 24.7 Å². The minimum absolute atomic E-state index is 0.151. The highest BCUT2D eigenvalue weighted by Crippen LogP contribution is 2.34. The van der Waals surface area contributed by atoms with E-state index in [0.717, 1.165) is 11.1 Å². The number of hydrogen-bond acceptors (Lipinski definition) is 6. The fourth-order valence-electron chi connectivity index (χ4n) is 2.94. The van der Waals surface area contributed by atoms with Crippen LogP contribution >= 0.6 is 0 Å². The molecule has 152 valence electrons. The third kappa shape index (κ3) is 4.70. The molecule has 3 aromatic carbocycles. The molecule has 1 heterocycles. The Morgan fingerprint density at radius 1 is 0.867 bits per heavy atom. The van der Waals surface area contributed by atoms with Crippen molar-refractivity contribution in [2.45, 2.75) is 0 Å². The van der Waals surface area contributed by atoms with Crippen LogP contribution in [-0.4, -0.2) is 31.9 Å². The van der Waals surface area contributed by atoms with Crippen LogP contribution in [0.25, 0.3) is 11.1 Å². The Balaban J connectivity index is 1.27. The zero-order valence-electron chi connectivity index (χ0n) is 16.0. The molecule has 0 aromatic heterocycles. The summed E-state index contributed by atoms with van der Waals surface area (Å²) in [6.07, 6.45) is 0. The molecule has 1 N–H and O–H groups in total. The van der Waals surface area contributed by atoms with Gasteiger partial charge < -0.3 is 24.3 Å². The Kier molecular flexibility index (Phi) is 5.80. The molecule has 0 atom stereocenters. The molecule has 1 aliphatic rings. The van der Waals surface area contributed by atoms with E-state index < -0.39 is 18.5 Å². The van der Waals surface area contributed by atoms with E-state index in [1.54, 1.807) is 24.3 Å². The van der Waals surface area contributed by atoms with Gasteiger partial charge in [0.05, 0.1) is 0 Å². The highest BCUT2D eigenvalue weighted by atomic mass is 16.7. The topological polar surface area (TPSA) is 83.1 Å². The first kappa shape index (κ1) is 19.3. The lowest BCUT2D eigenvalue weighted by Crippen LogP contribution is -2.23. The summed E-state index contributed by atoms with van der Waals surface area (Å²) in [6, 6.07) is 22.1. The van der Waals surface area contributed by atoms with E-state index in [9.17, 15) is 9.59 Å². The number of amides is 1. The Labute approximate surface area is 173 Å². The molecule has 0 saturated carbocycles. The molecule has 0 unspecified atom stereocenters. The highest BCUT2D eigenvalue weighted by molar-refractivity contribution is 5.93. The third-order valence-corrected chi connectivity index (χ3v) is 4.34. The summed E-state index contributed by atoms with van der Waals surface area (Å²) < 4.78 is 21.1. The number of para-hydroxylation sites is 1. The van der Waals surface area contributed by atoms with E-state index in [1.807, 2.05) is 48.5 Å². The van der Waals surface area contributed by atoms with Gasteiger partial charge in [-0.2, -0.15) is 0 Å². The molecule has 4 rings (SSSR count). The lowest BCUT2D eigenvalue weighted by atomic mass is 10.1. The molecule has 30 heavy (non-hydrogen) atoms. The normalized spacial score (nSPS) is 11.6. The van der Waals surface area contributed by atoms with Gasteiger partial charge in [-0.3, -0.25) is 4.79 Å². The number of fused-ring (bicyclic) bond motifs is 1. The average Bonchev–Trinajstić information content (AvgIpc) is 3.25. The summed E-state index contributed by atoms with van der Waals surface area (Å²) in [4.78, 5) is 24.0. The maximum Gasteiger partial charge on any atom is 0.344 e. The van der Waals surface area contributed by atoms with Crippen molar-refractivity contribution < 1.29 is 28.5 Å². The second-order valence-electron chi connectivity index (χ2n) is 6.43. The molecule has 7 nitrogen and oxygen atoms in total. The summed E-state index contributed by atoms with van der Waals surface area (Å²) in [5.41, 5.74) is 2.37. The average molecular weight is 405 g/mol. The number of benzene rings is 3. The van der Waals surface area contributed by atoms with E-state index in [1.165, 1.54) is 0 Å². The lowest BCUT2D eigenvalue weighted by molar-refractivity contribution is -0.149. The molecule has 0 bridgehead atoms. The van der Waals surface area contributed by atoms with Crippen LogP contribution in [0.1, 0.15) is 0 Å². The van der Waals surface area contributed by atoms with Gasteiger partial charge >= 0.3 is 5.97 Å². The van der Waals surface area contributed by atoms with Crippen molar-refractivity contribution in [1.82, 2.24) is 0 Å². The quantitative estimate of drug-likeness (QED) is 0.605. The monoisotopic (exact) mass is 405 g/mol. The summed E-state index contributed by atoms with van der Waals surface area (Å²) in [7, 11) is 0. The van der Waals surface area contributed by atoms with Gasteiger partial charge in [-0.05, 0) is 23.8 Å². The first-order valence-electron chi connectivity index (χ1n) is 9.31. The number of nitrogens with one attached hydrogen (secondary N) is 1. The Bertz CT molecular complexity index is 1050. The second kappa shape index (κ2) is 9.00. The fourth-order valence-corrected chi connectivity index (χ4v) is 2.94. The smallest absolute Gasteiger partial charge is 0.344 e. The standard InChI is InChI=1S/C23H19NO6/c25-22(24-17-10-11-20-21(12-17)30-15-29-20)13-28-23(26)14-27-19-9-5-4-8-18(19)16-6-2-1-3-7-16/h1-12H,13-15H2,(H,24,25). The van der Waals surface area contributed by atoms with Crippen molar-refractivity contribution in [2.75, 3.05) is 25.3 Å². The predicted molar refractivity (Wildman–Crippen MR) is 110 cm³/mol. The van der Waals surface area contributed by atoms with Crippen LogP contribution in [0.3, 0.4) is 0 Å². The molecule has 0 spiro atoms. The third-order valence-electron chi connectivity index (χ3n) is 4.34. The summed E-state index contributed by atoms with van der Waals surface area (Å²) in [5, 5.41) is 2.64. The van der Waals surface area contributed by atoms with Crippen LogP contribution in [0.4, 0.5) is 5.69 Å². The lowest BCUT2D eigenvalue weighted by Gasteiger charge is -2.11. The number of carbonyl (C=O) groups excluding carboxylic acids is 2. The number of rotatable bonds is 7. The van der Waals surface area contributed by atoms with E-state index in [4.69, 9.17) is 18.9 Å². The van der Waals surface area contributed by atoms with Crippen LogP contribution < -0.4 is 19.5 Å². The minimum Gasteiger partial charge on any atom is -0.481 e. The van der Waals surface area contributed by atoms with Gasteiger partial charge in [-0.1, -0.05) is 48.5 Å². The number of hydrogen-bond donors (Lipinski definition) is 1. The minimum atomic E-state index is -0.640. The van der Waals surface area contributed by atoms with Gasteiger partial charge in [0.2, 0.25) is 6.79 Å². The molecule has 0 saturated heterocycles. The molecule has 7 heteroatoms. The fraction of sp³-hybridized carbons (Fsp3) is 0.130. The van der Waals surface area contributed by atoms with E-state index >= 15 is 0 Å². The van der Waals surface area contributed by atoms with Gasteiger partial charge in [0.1, 0.15) is 5.75 Å². The van der Waals surface area contributed by atoms with Crippen molar-refractivity contribution >= 4 is 17.6 Å². The van der Waals surface area contributed by atoms with Crippen molar-refractivity contribution in [3.05, 3.63) is 72.8 Å². The summed E-state index contributed by atoms with van der Waals surface area (Å²) >= 11 is 0. The Morgan fingerprint density at radius 3 is 2.50 bits per heavy atom. The van der Waals surface area contributed by atoms with E-state index in [0.29, 0.717) is 22.9 Å². The zero-order valence-corrected chi connectivity index (χ0v) is 16.0. The first-order valence-corrected chi connectivity index (χ1v) is 9.31. The summed E-state index contributed by atoms with van der Waals surface area (Å²) in [5.74, 6) is 0.624.